The smallest absolute Gasteiger partial charge is 0.287 e. The van der Waals surface area contributed by atoms with Crippen molar-refractivity contribution in [3.05, 3.63) is 63.4 Å². The summed E-state index contributed by atoms with van der Waals surface area (Å²) in [6, 6.07) is 8.18. The summed E-state index contributed by atoms with van der Waals surface area (Å²) in [4.78, 5) is 21.9. The van der Waals surface area contributed by atoms with Crippen molar-refractivity contribution in [2.45, 2.75) is 34.2 Å². The Bertz CT molecular complexity index is 967. The Balaban J connectivity index is 0.00000126. The Kier molecular flexibility index (Phi) is 6.97. The molecule has 0 bridgehead atoms. The average Bonchev–Trinajstić information content (AvgIpc) is 3.32. The van der Waals surface area contributed by atoms with Crippen LogP contribution in [0.4, 0.5) is 0 Å². The number of carbonyl (C=O) groups excluding carboxylic acids is 1. The number of amides is 1. The lowest BCUT2D eigenvalue weighted by atomic mass is 9.97. The predicted molar refractivity (Wildman–Crippen MR) is 109 cm³/mol. The largest absolute Gasteiger partial charge is 0.347 e. The van der Waals surface area contributed by atoms with Crippen molar-refractivity contribution in [2.24, 2.45) is 0 Å². The number of rotatable bonds is 4. The van der Waals surface area contributed by atoms with Crippen LogP contribution in [0.1, 0.15) is 47.0 Å². The second-order valence-corrected chi connectivity index (χ2v) is 6.44. The molecule has 0 unspecified atom stereocenters. The molecule has 0 radical (unpaired) electrons. The van der Waals surface area contributed by atoms with Crippen LogP contribution in [0.15, 0.2) is 35.1 Å². The van der Waals surface area contributed by atoms with Crippen molar-refractivity contribution in [3.8, 4) is 17.2 Å². The summed E-state index contributed by atoms with van der Waals surface area (Å²) in [6.45, 7) is 8.34. The van der Waals surface area contributed by atoms with Gasteiger partial charge in [-0.15, -0.1) is 0 Å². The number of nitrogens with zero attached hydrogens (tertiary/aromatic N) is 2. The lowest BCUT2D eigenvalue weighted by Gasteiger charge is -2.11. The molecule has 0 saturated carbocycles. The van der Waals surface area contributed by atoms with Crippen LogP contribution in [0.25, 0.3) is 11.1 Å². The number of aromatic amines is 2. The van der Waals surface area contributed by atoms with Gasteiger partial charge >= 0.3 is 0 Å². The number of nitrogens with one attached hydrogen (secondary N) is 3. The van der Waals surface area contributed by atoms with E-state index in [4.69, 9.17) is 0 Å². The van der Waals surface area contributed by atoms with Crippen molar-refractivity contribution in [1.29, 1.82) is 5.26 Å². The number of benzene rings is 1. The SMILES string of the molecule is CC.Cc1cccc(-c2c(CNC(=O)c3ncc[nH]3)[nH]c(C#N)c2Br)c1C. The van der Waals surface area contributed by atoms with Crippen LogP contribution in [0.3, 0.4) is 0 Å². The molecule has 140 valence electrons. The molecule has 3 N–H and O–H groups in total. The van der Waals surface area contributed by atoms with Gasteiger partial charge < -0.3 is 15.3 Å². The van der Waals surface area contributed by atoms with Crippen LogP contribution in [-0.4, -0.2) is 20.9 Å². The van der Waals surface area contributed by atoms with Crippen LogP contribution in [0, 0.1) is 25.2 Å². The highest BCUT2D eigenvalue weighted by Crippen LogP contribution is 2.37. The number of hydrogen-bond donors (Lipinski definition) is 3. The summed E-state index contributed by atoms with van der Waals surface area (Å²) < 4.78 is 0.700. The third-order valence-electron chi connectivity index (χ3n) is 4.14. The summed E-state index contributed by atoms with van der Waals surface area (Å²) in [5, 5.41) is 12.2. The zero-order valence-electron chi connectivity index (χ0n) is 15.8. The van der Waals surface area contributed by atoms with E-state index in [1.807, 2.05) is 45.9 Å². The fourth-order valence-electron chi connectivity index (χ4n) is 2.68. The van der Waals surface area contributed by atoms with E-state index < -0.39 is 0 Å². The molecular formula is C20H22BrN5O. The summed E-state index contributed by atoms with van der Waals surface area (Å²) in [6.07, 6.45) is 3.12. The predicted octanol–water partition coefficient (Wildman–Crippen LogP) is 4.61. The van der Waals surface area contributed by atoms with Crippen LogP contribution in [0.5, 0.6) is 0 Å². The van der Waals surface area contributed by atoms with E-state index in [0.29, 0.717) is 10.2 Å². The molecule has 0 aliphatic heterocycles. The van der Waals surface area contributed by atoms with Gasteiger partial charge in [-0.1, -0.05) is 32.0 Å². The molecule has 3 aromatic rings. The highest BCUT2D eigenvalue weighted by Gasteiger charge is 2.20. The monoisotopic (exact) mass is 427 g/mol. The molecular weight excluding hydrogens is 406 g/mol. The van der Waals surface area contributed by atoms with Gasteiger partial charge in [0.05, 0.1) is 11.0 Å². The Hall–Kier alpha value is -2.85. The summed E-state index contributed by atoms with van der Waals surface area (Å²) in [5.74, 6) is -0.0550. The van der Waals surface area contributed by atoms with Crippen molar-refractivity contribution >= 4 is 21.8 Å². The van der Waals surface area contributed by atoms with Gasteiger partial charge in [0.2, 0.25) is 0 Å². The maximum atomic E-state index is 12.1. The third-order valence-corrected chi connectivity index (χ3v) is 4.93. The molecule has 0 saturated heterocycles. The van der Waals surface area contributed by atoms with Gasteiger partial charge in [0, 0.05) is 23.7 Å². The summed E-state index contributed by atoms with van der Waals surface area (Å²) in [5.41, 5.74) is 5.39. The fraction of sp³-hybridized carbons (Fsp3) is 0.250. The van der Waals surface area contributed by atoms with Crippen molar-refractivity contribution < 1.29 is 4.79 Å². The van der Waals surface area contributed by atoms with E-state index in [1.165, 1.54) is 6.20 Å². The van der Waals surface area contributed by atoms with E-state index in [2.05, 4.69) is 42.3 Å². The first-order valence-corrected chi connectivity index (χ1v) is 9.46. The van der Waals surface area contributed by atoms with Gasteiger partial charge in [0.25, 0.3) is 5.91 Å². The standard InChI is InChI=1S/C18H16BrN5O.C2H6/c1-10-4-3-5-12(11(10)2)15-14(24-13(8-20)16(15)19)9-23-18(25)17-21-6-7-22-17;1-2/h3-7,24H,9H2,1-2H3,(H,21,22)(H,23,25);1-2H3. The van der Waals surface area contributed by atoms with Gasteiger partial charge in [0.15, 0.2) is 5.82 Å². The zero-order chi connectivity index (χ0) is 20.0. The topological polar surface area (TPSA) is 97.4 Å². The van der Waals surface area contributed by atoms with Crippen LogP contribution in [0.2, 0.25) is 0 Å². The zero-order valence-corrected chi connectivity index (χ0v) is 17.4. The number of imidazole rings is 1. The minimum absolute atomic E-state index is 0.249. The average molecular weight is 428 g/mol. The first-order chi connectivity index (χ1) is 13.0. The molecule has 0 fully saturated rings. The molecule has 1 amide bonds. The number of nitriles is 1. The maximum absolute atomic E-state index is 12.1. The molecule has 2 heterocycles. The number of aromatic nitrogens is 3. The molecule has 3 rings (SSSR count). The Labute approximate surface area is 167 Å². The number of H-pyrrole nitrogens is 2. The van der Waals surface area contributed by atoms with Gasteiger partial charge in [-0.25, -0.2) is 4.98 Å². The second kappa shape index (κ2) is 9.19. The van der Waals surface area contributed by atoms with Crippen molar-refractivity contribution in [3.63, 3.8) is 0 Å². The van der Waals surface area contributed by atoms with Gasteiger partial charge in [-0.05, 0) is 46.5 Å². The Morgan fingerprint density at radius 3 is 2.70 bits per heavy atom. The molecule has 27 heavy (non-hydrogen) atoms. The molecule has 1 aromatic carbocycles. The summed E-state index contributed by atoms with van der Waals surface area (Å²) >= 11 is 3.52. The van der Waals surface area contributed by atoms with Crippen LogP contribution < -0.4 is 5.32 Å². The van der Waals surface area contributed by atoms with Crippen LogP contribution in [-0.2, 0) is 6.54 Å². The van der Waals surface area contributed by atoms with Crippen LogP contribution >= 0.6 is 15.9 Å². The van der Waals surface area contributed by atoms with E-state index >= 15 is 0 Å². The van der Waals surface area contributed by atoms with Gasteiger partial charge in [0.1, 0.15) is 11.8 Å². The molecule has 0 aliphatic carbocycles. The Morgan fingerprint density at radius 1 is 1.33 bits per heavy atom. The quantitative estimate of drug-likeness (QED) is 0.566. The van der Waals surface area contributed by atoms with E-state index in [-0.39, 0.29) is 18.3 Å². The first kappa shape index (κ1) is 20.5. The lowest BCUT2D eigenvalue weighted by Crippen LogP contribution is -2.24. The first-order valence-electron chi connectivity index (χ1n) is 8.67. The highest BCUT2D eigenvalue weighted by molar-refractivity contribution is 9.10. The molecule has 0 atom stereocenters. The number of carbonyl (C=O) groups is 1. The number of halogens is 1. The molecule has 7 heteroatoms. The molecule has 6 nitrogen and oxygen atoms in total. The summed E-state index contributed by atoms with van der Waals surface area (Å²) in [7, 11) is 0. The maximum Gasteiger partial charge on any atom is 0.287 e. The number of hydrogen-bond acceptors (Lipinski definition) is 3. The third kappa shape index (κ3) is 4.29. The Morgan fingerprint density at radius 2 is 2.07 bits per heavy atom. The van der Waals surface area contributed by atoms with E-state index in [0.717, 1.165) is 27.9 Å². The lowest BCUT2D eigenvalue weighted by molar-refractivity contribution is 0.0941. The number of aryl methyl sites for hydroxylation is 1. The minimum Gasteiger partial charge on any atom is -0.347 e. The van der Waals surface area contributed by atoms with Crippen molar-refractivity contribution in [2.75, 3.05) is 0 Å². The van der Waals surface area contributed by atoms with Gasteiger partial charge in [-0.2, -0.15) is 5.26 Å². The fourth-order valence-corrected chi connectivity index (χ4v) is 3.32. The van der Waals surface area contributed by atoms with Gasteiger partial charge in [-0.3, -0.25) is 4.79 Å². The second-order valence-electron chi connectivity index (χ2n) is 5.65. The highest BCUT2D eigenvalue weighted by atomic mass is 79.9. The van der Waals surface area contributed by atoms with E-state index in [9.17, 15) is 10.1 Å². The van der Waals surface area contributed by atoms with Crippen molar-refractivity contribution in [1.82, 2.24) is 20.3 Å². The molecule has 2 aromatic heterocycles. The minimum atomic E-state index is -0.304. The molecule has 0 spiro atoms. The van der Waals surface area contributed by atoms with E-state index in [1.54, 1.807) is 6.20 Å². The normalized spacial score (nSPS) is 9.93. The molecule has 0 aliphatic rings.